The molecule has 1 aromatic carbocycles. The Morgan fingerprint density at radius 1 is 1.32 bits per heavy atom. The van der Waals surface area contributed by atoms with Crippen LogP contribution in [-0.2, 0) is 11.2 Å². The molecule has 2 heterocycles. The van der Waals surface area contributed by atoms with Gasteiger partial charge in [0.05, 0.1) is 0 Å². The molecule has 1 fully saturated rings. The van der Waals surface area contributed by atoms with Gasteiger partial charge in [-0.05, 0) is 24.6 Å². The summed E-state index contributed by atoms with van der Waals surface area (Å²) in [7, 11) is 0. The quantitative estimate of drug-likeness (QED) is 0.813. The summed E-state index contributed by atoms with van der Waals surface area (Å²) in [6.45, 7) is 3.52. The molecule has 0 radical (unpaired) electrons. The first-order valence-corrected chi connectivity index (χ1v) is 8.60. The summed E-state index contributed by atoms with van der Waals surface area (Å²) >= 11 is 0.708. The van der Waals surface area contributed by atoms with Gasteiger partial charge in [0, 0.05) is 25.1 Å². The third-order valence-corrected chi connectivity index (χ3v) is 4.58. The summed E-state index contributed by atoms with van der Waals surface area (Å²) in [6.07, 6.45) is -0.432. The van der Waals surface area contributed by atoms with E-state index >= 15 is 0 Å². The van der Waals surface area contributed by atoms with E-state index in [2.05, 4.69) is 10.3 Å². The first-order valence-electron chi connectivity index (χ1n) is 7.78. The van der Waals surface area contributed by atoms with E-state index in [9.17, 15) is 14.7 Å². The molecule has 0 aliphatic carbocycles. The van der Waals surface area contributed by atoms with Gasteiger partial charge in [0.25, 0.3) is 5.24 Å². The lowest BCUT2D eigenvalue weighted by molar-refractivity contribution is -0.112. The number of thioether (sulfide) groups is 1. The molecule has 25 heavy (non-hydrogen) atoms. The number of carbonyl (C=O) groups excluding carboxylic acids is 2. The average Bonchev–Trinajstić information content (AvgIpc) is 3.07. The monoisotopic (exact) mass is 362 g/mol. The molecular formula is C17H18N2O5S. The lowest BCUT2D eigenvalue weighted by Gasteiger charge is -2.12. The Hall–Kier alpha value is -2.32. The second kappa shape index (κ2) is 7.28. The van der Waals surface area contributed by atoms with Crippen LogP contribution in [0, 0.1) is 13.8 Å². The largest absolute Gasteiger partial charge is 0.490 e. The maximum Gasteiger partial charge on any atom is 0.287 e. The van der Waals surface area contributed by atoms with E-state index in [-0.39, 0.29) is 17.0 Å². The molecule has 1 aliphatic rings. The number of aryl methyl sites for hydroxylation is 2. The van der Waals surface area contributed by atoms with Crippen molar-refractivity contribution in [3.63, 3.8) is 0 Å². The minimum atomic E-state index is -0.875. The Morgan fingerprint density at radius 2 is 2.04 bits per heavy atom. The van der Waals surface area contributed by atoms with Crippen LogP contribution >= 0.6 is 11.8 Å². The predicted molar refractivity (Wildman–Crippen MR) is 91.5 cm³/mol. The summed E-state index contributed by atoms with van der Waals surface area (Å²) in [5.41, 5.74) is 1.39. The molecule has 0 spiro atoms. The highest BCUT2D eigenvalue weighted by molar-refractivity contribution is 8.26. The van der Waals surface area contributed by atoms with Crippen molar-refractivity contribution in [1.82, 2.24) is 10.3 Å². The van der Waals surface area contributed by atoms with E-state index < -0.39 is 12.1 Å². The number of rotatable bonds is 6. The molecule has 3 rings (SSSR count). The van der Waals surface area contributed by atoms with E-state index in [1.807, 2.05) is 12.1 Å². The van der Waals surface area contributed by atoms with Gasteiger partial charge >= 0.3 is 0 Å². The van der Waals surface area contributed by atoms with Crippen LogP contribution in [0.5, 0.6) is 5.75 Å². The number of nitrogens with one attached hydrogen (secondary N) is 1. The van der Waals surface area contributed by atoms with Crippen LogP contribution in [0.2, 0.25) is 0 Å². The molecule has 7 nitrogen and oxygen atoms in total. The average molecular weight is 362 g/mol. The van der Waals surface area contributed by atoms with E-state index in [0.717, 1.165) is 5.56 Å². The Bertz CT molecular complexity index is 787. The number of carbonyl (C=O) groups is 2. The molecule has 132 valence electrons. The zero-order chi connectivity index (χ0) is 18.0. The number of aliphatic hydroxyl groups is 1. The van der Waals surface area contributed by atoms with Gasteiger partial charge in [-0.25, -0.2) is 4.98 Å². The van der Waals surface area contributed by atoms with Crippen LogP contribution in [0.1, 0.15) is 29.0 Å². The standard InChI is InChI=1S/C17H18N2O5S/c1-9-15(18-10(2)24-9)14(20)8-23-12-5-3-11(4-6-12)7-13-16(21)25-17(22)19-13/h3-6,13-14,20H,7-8H2,1-2H3,(H,19,22). The van der Waals surface area contributed by atoms with Crippen molar-refractivity contribution < 1.29 is 23.8 Å². The number of hydrogen-bond acceptors (Lipinski definition) is 7. The molecule has 1 aromatic heterocycles. The highest BCUT2D eigenvalue weighted by atomic mass is 32.2. The number of benzene rings is 1. The van der Waals surface area contributed by atoms with Crippen LogP contribution in [0.4, 0.5) is 4.79 Å². The molecule has 2 unspecified atom stereocenters. The molecule has 8 heteroatoms. The summed E-state index contributed by atoms with van der Waals surface area (Å²) < 4.78 is 10.9. The highest BCUT2D eigenvalue weighted by Gasteiger charge is 2.31. The molecule has 2 aromatic rings. The topological polar surface area (TPSA) is 102 Å². The van der Waals surface area contributed by atoms with E-state index in [0.29, 0.717) is 41.3 Å². The zero-order valence-electron chi connectivity index (χ0n) is 13.8. The number of aromatic nitrogens is 1. The number of nitrogens with zero attached hydrogens (tertiary/aromatic N) is 1. The third kappa shape index (κ3) is 4.21. The van der Waals surface area contributed by atoms with Crippen LogP contribution in [0.25, 0.3) is 0 Å². The maximum atomic E-state index is 11.6. The molecule has 2 atom stereocenters. The van der Waals surface area contributed by atoms with Gasteiger partial charge in [0.1, 0.15) is 36.0 Å². The van der Waals surface area contributed by atoms with E-state index in [1.165, 1.54) is 0 Å². The van der Waals surface area contributed by atoms with Crippen molar-refractivity contribution in [2.45, 2.75) is 32.4 Å². The lowest BCUT2D eigenvalue weighted by Crippen LogP contribution is -2.30. The SMILES string of the molecule is Cc1nc(C(O)COc2ccc(CC3NC(=O)SC3=O)cc2)c(C)o1. The highest BCUT2D eigenvalue weighted by Crippen LogP contribution is 2.22. The number of oxazole rings is 1. The van der Waals surface area contributed by atoms with Gasteiger partial charge in [-0.15, -0.1) is 0 Å². The van der Waals surface area contributed by atoms with E-state index in [1.54, 1.807) is 26.0 Å². The van der Waals surface area contributed by atoms with Gasteiger partial charge in [0.2, 0.25) is 5.12 Å². The van der Waals surface area contributed by atoms with Crippen LogP contribution in [0.3, 0.4) is 0 Å². The molecule has 1 aliphatic heterocycles. The Balaban J connectivity index is 1.55. The number of hydrogen-bond donors (Lipinski definition) is 2. The molecular weight excluding hydrogens is 344 g/mol. The molecule has 1 saturated heterocycles. The van der Waals surface area contributed by atoms with Crippen molar-refractivity contribution in [2.24, 2.45) is 0 Å². The minimum absolute atomic E-state index is 0.0555. The number of aliphatic hydroxyl groups excluding tert-OH is 1. The normalized spacial score (nSPS) is 18.3. The van der Waals surface area contributed by atoms with Crippen molar-refractivity contribution >= 4 is 22.1 Å². The number of ether oxygens (including phenoxy) is 1. The number of amides is 1. The van der Waals surface area contributed by atoms with Gasteiger partial charge in [0.15, 0.2) is 5.89 Å². The van der Waals surface area contributed by atoms with Crippen molar-refractivity contribution in [3.05, 3.63) is 47.2 Å². The fourth-order valence-electron chi connectivity index (χ4n) is 2.59. The van der Waals surface area contributed by atoms with Crippen molar-refractivity contribution in [1.29, 1.82) is 0 Å². The zero-order valence-corrected chi connectivity index (χ0v) is 14.6. The Labute approximate surface area is 148 Å². The fourth-order valence-corrected chi connectivity index (χ4v) is 3.26. The Morgan fingerprint density at radius 3 is 2.60 bits per heavy atom. The molecule has 1 amide bonds. The minimum Gasteiger partial charge on any atom is -0.490 e. The molecule has 0 saturated carbocycles. The van der Waals surface area contributed by atoms with Gasteiger partial charge in [-0.3, -0.25) is 9.59 Å². The second-order valence-corrected chi connectivity index (χ2v) is 6.73. The summed E-state index contributed by atoms with van der Waals surface area (Å²) in [4.78, 5) is 26.9. The van der Waals surface area contributed by atoms with Crippen molar-refractivity contribution in [2.75, 3.05) is 6.61 Å². The maximum absolute atomic E-state index is 11.6. The third-order valence-electron chi connectivity index (χ3n) is 3.80. The molecule has 2 N–H and O–H groups in total. The summed E-state index contributed by atoms with van der Waals surface area (Å²) in [5, 5.41) is 12.3. The van der Waals surface area contributed by atoms with Gasteiger partial charge in [-0.2, -0.15) is 0 Å². The first kappa shape index (κ1) is 17.5. The van der Waals surface area contributed by atoms with Crippen LogP contribution < -0.4 is 10.1 Å². The van der Waals surface area contributed by atoms with Crippen LogP contribution in [0.15, 0.2) is 28.7 Å². The predicted octanol–water partition coefficient (Wildman–Crippen LogP) is 2.30. The van der Waals surface area contributed by atoms with Gasteiger partial charge in [-0.1, -0.05) is 12.1 Å². The van der Waals surface area contributed by atoms with Crippen LogP contribution in [-0.4, -0.2) is 33.1 Å². The van der Waals surface area contributed by atoms with Gasteiger partial charge < -0.3 is 19.6 Å². The van der Waals surface area contributed by atoms with E-state index in [4.69, 9.17) is 9.15 Å². The smallest absolute Gasteiger partial charge is 0.287 e. The van der Waals surface area contributed by atoms with Crippen molar-refractivity contribution in [3.8, 4) is 5.75 Å². The lowest BCUT2D eigenvalue weighted by atomic mass is 10.1. The Kier molecular flexibility index (Phi) is 5.10. The fraction of sp³-hybridized carbons (Fsp3) is 0.353. The second-order valence-electron chi connectivity index (χ2n) is 5.75. The molecule has 0 bridgehead atoms. The summed E-state index contributed by atoms with van der Waals surface area (Å²) in [6, 6.07) is 6.70. The first-order chi connectivity index (χ1) is 11.9. The summed E-state index contributed by atoms with van der Waals surface area (Å²) in [5.74, 6) is 1.67.